The number of aromatic carboxylic acids is 1. The monoisotopic (exact) mass is 411 g/mol. The van der Waals surface area contributed by atoms with Crippen LogP contribution in [-0.2, 0) is 0 Å². The highest BCUT2D eigenvalue weighted by Gasteiger charge is 2.18. The van der Waals surface area contributed by atoms with Crippen LogP contribution in [0.5, 0.6) is 5.75 Å². The number of nitrogens with zero attached hydrogens (tertiary/aromatic N) is 2. The van der Waals surface area contributed by atoms with E-state index in [1.807, 2.05) is 18.2 Å². The fraction of sp³-hybridized carbons (Fsp3) is 0. The molecule has 0 aliphatic rings. The van der Waals surface area contributed by atoms with Crippen molar-refractivity contribution in [2.75, 3.05) is 5.32 Å². The van der Waals surface area contributed by atoms with Gasteiger partial charge in [0, 0.05) is 11.1 Å². The molecule has 7 nitrogen and oxygen atoms in total. The summed E-state index contributed by atoms with van der Waals surface area (Å²) in [5, 5.41) is 32.2. The molecule has 152 valence electrons. The molecule has 0 unspecified atom stereocenters. The summed E-state index contributed by atoms with van der Waals surface area (Å²) in [6, 6.07) is 23.6. The van der Waals surface area contributed by atoms with Crippen molar-refractivity contribution in [2.45, 2.75) is 0 Å². The Kier molecular flexibility index (Phi) is 5.40. The molecule has 0 aromatic heterocycles. The summed E-state index contributed by atoms with van der Waals surface area (Å²) in [6.07, 6.45) is 0. The number of carboxylic acid groups (broad SMARTS) is 1. The van der Waals surface area contributed by atoms with Gasteiger partial charge in [-0.25, -0.2) is 4.79 Å². The summed E-state index contributed by atoms with van der Waals surface area (Å²) < 4.78 is 0. The number of hydrogen-bond donors (Lipinski definition) is 3. The van der Waals surface area contributed by atoms with Crippen molar-refractivity contribution in [3.63, 3.8) is 0 Å². The molecule has 1 amide bonds. The molecule has 4 rings (SSSR count). The van der Waals surface area contributed by atoms with Gasteiger partial charge in [0.1, 0.15) is 5.69 Å². The Morgan fingerprint density at radius 2 is 1.48 bits per heavy atom. The van der Waals surface area contributed by atoms with E-state index in [-0.39, 0.29) is 22.6 Å². The first-order valence-corrected chi connectivity index (χ1v) is 9.39. The number of phenolic OH excluding ortho intramolecular Hbond substituents is 1. The summed E-state index contributed by atoms with van der Waals surface area (Å²) in [7, 11) is 0. The number of phenols is 1. The van der Waals surface area contributed by atoms with Gasteiger partial charge in [0.25, 0.3) is 5.91 Å². The zero-order valence-corrected chi connectivity index (χ0v) is 16.2. The molecule has 7 heteroatoms. The largest absolute Gasteiger partial charge is 0.505 e. The molecule has 0 fully saturated rings. The van der Waals surface area contributed by atoms with Crippen LogP contribution in [0.1, 0.15) is 20.7 Å². The van der Waals surface area contributed by atoms with Crippen LogP contribution in [0.3, 0.4) is 0 Å². The number of carbonyl (C=O) groups excluding carboxylic acids is 1. The summed E-state index contributed by atoms with van der Waals surface area (Å²) in [4.78, 5) is 23.8. The summed E-state index contributed by atoms with van der Waals surface area (Å²) in [5.74, 6) is -1.81. The van der Waals surface area contributed by atoms with Crippen molar-refractivity contribution in [1.29, 1.82) is 0 Å². The molecule has 31 heavy (non-hydrogen) atoms. The molecule has 3 N–H and O–H groups in total. The number of hydrogen-bond acceptors (Lipinski definition) is 5. The zero-order chi connectivity index (χ0) is 21.8. The van der Waals surface area contributed by atoms with Gasteiger partial charge in [-0.05, 0) is 47.9 Å². The maximum Gasteiger partial charge on any atom is 0.335 e. The Morgan fingerprint density at radius 1 is 0.806 bits per heavy atom. The lowest BCUT2D eigenvalue weighted by atomic mass is 10.0. The van der Waals surface area contributed by atoms with E-state index in [4.69, 9.17) is 5.11 Å². The first kappa shape index (κ1) is 19.8. The van der Waals surface area contributed by atoms with Crippen LogP contribution in [0.15, 0.2) is 95.2 Å². The number of rotatable bonds is 5. The van der Waals surface area contributed by atoms with Crippen LogP contribution in [-0.4, -0.2) is 22.1 Å². The van der Waals surface area contributed by atoms with Gasteiger partial charge in [0.2, 0.25) is 0 Å². The number of carboxylic acids is 1. The summed E-state index contributed by atoms with van der Waals surface area (Å²) in [5.41, 5.74) is 1.36. The van der Waals surface area contributed by atoms with Crippen LogP contribution in [0.2, 0.25) is 0 Å². The van der Waals surface area contributed by atoms with Gasteiger partial charge in [0.15, 0.2) is 5.75 Å². The Morgan fingerprint density at radius 3 is 2.19 bits per heavy atom. The Bertz CT molecular complexity index is 1300. The summed E-state index contributed by atoms with van der Waals surface area (Å²) in [6.45, 7) is 0. The number of anilines is 1. The molecule has 0 aliphatic carbocycles. The van der Waals surface area contributed by atoms with Crippen molar-refractivity contribution in [1.82, 2.24) is 0 Å². The van der Waals surface area contributed by atoms with Gasteiger partial charge in [0.05, 0.1) is 16.8 Å². The average Bonchev–Trinajstić information content (AvgIpc) is 2.79. The minimum Gasteiger partial charge on any atom is -0.505 e. The lowest BCUT2D eigenvalue weighted by Gasteiger charge is -2.11. The fourth-order valence-corrected chi connectivity index (χ4v) is 3.09. The van der Waals surface area contributed by atoms with Crippen molar-refractivity contribution in [3.8, 4) is 5.75 Å². The van der Waals surface area contributed by atoms with Crippen molar-refractivity contribution in [3.05, 3.63) is 96.1 Å². The lowest BCUT2D eigenvalue weighted by Crippen LogP contribution is -2.12. The van der Waals surface area contributed by atoms with Gasteiger partial charge in [-0.15, -0.1) is 5.11 Å². The smallest absolute Gasteiger partial charge is 0.335 e. The number of benzene rings is 4. The molecular weight excluding hydrogens is 394 g/mol. The molecule has 0 radical (unpaired) electrons. The fourth-order valence-electron chi connectivity index (χ4n) is 3.09. The molecular formula is C24H17N3O4. The Balaban J connectivity index is 1.74. The highest BCUT2D eigenvalue weighted by atomic mass is 16.4. The van der Waals surface area contributed by atoms with Crippen LogP contribution in [0.25, 0.3) is 10.8 Å². The minimum atomic E-state index is -1.04. The van der Waals surface area contributed by atoms with Gasteiger partial charge in [-0.3, -0.25) is 4.79 Å². The van der Waals surface area contributed by atoms with E-state index in [1.54, 1.807) is 42.5 Å². The van der Waals surface area contributed by atoms with E-state index in [0.29, 0.717) is 22.1 Å². The maximum atomic E-state index is 12.8. The minimum absolute atomic E-state index is 0.0673. The molecule has 0 aliphatic heterocycles. The first-order valence-electron chi connectivity index (χ1n) is 9.39. The Labute approximate surface area is 177 Å². The van der Waals surface area contributed by atoms with Crippen LogP contribution in [0, 0.1) is 0 Å². The third-order valence-electron chi connectivity index (χ3n) is 4.65. The van der Waals surface area contributed by atoms with E-state index >= 15 is 0 Å². The molecule has 0 saturated heterocycles. The average molecular weight is 411 g/mol. The topological polar surface area (TPSA) is 111 Å². The molecule has 4 aromatic rings. The van der Waals surface area contributed by atoms with E-state index in [0.717, 1.165) is 0 Å². The number of fused-ring (bicyclic) bond motifs is 1. The van der Waals surface area contributed by atoms with Gasteiger partial charge in [-0.1, -0.05) is 42.5 Å². The van der Waals surface area contributed by atoms with Crippen LogP contribution in [0.4, 0.5) is 17.1 Å². The molecule has 4 aromatic carbocycles. The lowest BCUT2D eigenvalue weighted by molar-refractivity contribution is 0.0696. The van der Waals surface area contributed by atoms with E-state index in [1.165, 1.54) is 24.3 Å². The van der Waals surface area contributed by atoms with E-state index in [2.05, 4.69) is 15.5 Å². The van der Waals surface area contributed by atoms with Gasteiger partial charge >= 0.3 is 5.97 Å². The second-order valence-corrected chi connectivity index (χ2v) is 6.71. The van der Waals surface area contributed by atoms with Crippen molar-refractivity contribution in [2.24, 2.45) is 10.2 Å². The third kappa shape index (κ3) is 4.25. The molecule has 0 saturated carbocycles. The molecule has 0 bridgehead atoms. The van der Waals surface area contributed by atoms with Crippen molar-refractivity contribution < 1.29 is 19.8 Å². The number of carbonyl (C=O) groups is 2. The first-order chi connectivity index (χ1) is 15.0. The number of amides is 1. The Hall–Kier alpha value is -4.52. The van der Waals surface area contributed by atoms with Crippen molar-refractivity contribution >= 4 is 39.7 Å². The molecule has 0 atom stereocenters. The molecule has 0 spiro atoms. The number of aromatic hydroxyl groups is 1. The highest BCUT2D eigenvalue weighted by molar-refractivity contribution is 6.11. The number of nitrogens with one attached hydrogen (secondary N) is 1. The molecule has 0 heterocycles. The van der Waals surface area contributed by atoms with Crippen LogP contribution >= 0.6 is 0 Å². The predicted molar refractivity (Wildman–Crippen MR) is 118 cm³/mol. The predicted octanol–water partition coefficient (Wildman–Crippen LogP) is 5.91. The van der Waals surface area contributed by atoms with Gasteiger partial charge in [-0.2, -0.15) is 5.11 Å². The van der Waals surface area contributed by atoms with E-state index < -0.39 is 11.9 Å². The SMILES string of the molecule is O=C(O)c1ccc(/N=N/c2c(O)c(C(=O)Nc3ccccc3)cc3ccccc23)cc1. The van der Waals surface area contributed by atoms with Gasteiger partial charge < -0.3 is 15.5 Å². The summed E-state index contributed by atoms with van der Waals surface area (Å²) >= 11 is 0. The number of para-hydroxylation sites is 1. The second kappa shape index (κ2) is 8.46. The van der Waals surface area contributed by atoms with E-state index in [9.17, 15) is 14.7 Å². The standard InChI is InChI=1S/C24H17N3O4/c28-22-20(23(29)25-17-7-2-1-3-8-17)14-16-6-4-5-9-19(16)21(22)27-26-18-12-10-15(11-13-18)24(30)31/h1-14,28H,(H,25,29)(H,30,31)/b27-26+. The number of azo groups is 1. The van der Waals surface area contributed by atoms with Crippen LogP contribution < -0.4 is 5.32 Å². The second-order valence-electron chi connectivity index (χ2n) is 6.71. The zero-order valence-electron chi connectivity index (χ0n) is 16.2. The maximum absolute atomic E-state index is 12.8. The highest BCUT2D eigenvalue weighted by Crippen LogP contribution is 2.39. The normalized spacial score (nSPS) is 11.0. The third-order valence-corrected chi connectivity index (χ3v) is 4.65. The quantitative estimate of drug-likeness (QED) is 0.354.